The van der Waals surface area contributed by atoms with Crippen LogP contribution in [0.2, 0.25) is 0 Å². The monoisotopic (exact) mass is 349 g/mol. The van der Waals surface area contributed by atoms with Gasteiger partial charge in [0.1, 0.15) is 11.4 Å². The van der Waals surface area contributed by atoms with E-state index in [0.717, 1.165) is 12.5 Å². The van der Waals surface area contributed by atoms with Crippen LogP contribution in [0.4, 0.5) is 10.1 Å². The number of benzene rings is 1. The van der Waals surface area contributed by atoms with Gasteiger partial charge in [-0.1, -0.05) is 11.8 Å². The van der Waals surface area contributed by atoms with Crippen LogP contribution < -0.4 is 16.1 Å². The average molecular weight is 349 g/mol. The zero-order chi connectivity index (χ0) is 17.2. The summed E-state index contributed by atoms with van der Waals surface area (Å²) < 4.78 is 16.4. The lowest BCUT2D eigenvalue weighted by Gasteiger charge is -2.33. The topological polar surface area (TPSA) is 88.6 Å². The minimum Gasteiger partial charge on any atom is -0.477 e. The average Bonchev–Trinajstić information content (AvgIpc) is 2.93. The maximum Gasteiger partial charge on any atom is 0.342 e. The van der Waals surface area contributed by atoms with Gasteiger partial charge in [0.25, 0.3) is 0 Å². The predicted molar refractivity (Wildman–Crippen MR) is 90.5 cm³/mol. The molecule has 0 bridgehead atoms. The van der Waals surface area contributed by atoms with Gasteiger partial charge in [0, 0.05) is 24.5 Å². The van der Waals surface area contributed by atoms with Crippen molar-refractivity contribution in [1.82, 2.24) is 4.57 Å². The standard InChI is InChI=1S/C16H16FN3O3S/c1-7-20-11-5-12(19-3-2-8(18)6-19)10(17)4-9(11)14(21)13(16(22)23)15(20)24-7/h4-5,7-8H,2-3,6,18H2,1H3,(H,22,23)/t7-,8-/m0/s1. The Morgan fingerprint density at radius 1 is 1.46 bits per heavy atom. The van der Waals surface area contributed by atoms with Crippen molar-refractivity contribution in [2.24, 2.45) is 5.73 Å². The fourth-order valence-corrected chi connectivity index (χ4v) is 4.63. The number of carbonyl (C=O) groups is 1. The minimum absolute atomic E-state index is 0.000321. The molecule has 8 heteroatoms. The summed E-state index contributed by atoms with van der Waals surface area (Å²) in [7, 11) is 0. The molecular weight excluding hydrogens is 333 g/mol. The van der Waals surface area contributed by atoms with E-state index in [-0.39, 0.29) is 22.4 Å². The number of hydrogen-bond acceptors (Lipinski definition) is 5. The molecule has 0 aliphatic carbocycles. The third-order valence-corrected chi connectivity index (χ3v) is 5.83. The summed E-state index contributed by atoms with van der Waals surface area (Å²) in [4.78, 5) is 25.8. The number of fused-ring (bicyclic) bond motifs is 3. The largest absolute Gasteiger partial charge is 0.477 e. The van der Waals surface area contributed by atoms with Gasteiger partial charge in [0.2, 0.25) is 5.43 Å². The molecule has 0 spiro atoms. The van der Waals surface area contributed by atoms with Crippen molar-refractivity contribution in [1.29, 1.82) is 0 Å². The van der Waals surface area contributed by atoms with Gasteiger partial charge in [-0.2, -0.15) is 0 Å². The molecule has 126 valence electrons. The third kappa shape index (κ3) is 2.06. The highest BCUT2D eigenvalue weighted by Crippen LogP contribution is 2.46. The van der Waals surface area contributed by atoms with Crippen LogP contribution in [0.1, 0.15) is 29.1 Å². The van der Waals surface area contributed by atoms with Crippen molar-refractivity contribution in [2.75, 3.05) is 18.0 Å². The smallest absolute Gasteiger partial charge is 0.342 e. The molecular formula is C16H16FN3O3S. The number of aromatic nitrogens is 1. The molecule has 4 rings (SSSR count). The molecule has 0 amide bonds. The van der Waals surface area contributed by atoms with Gasteiger partial charge in [-0.25, -0.2) is 9.18 Å². The van der Waals surface area contributed by atoms with Crippen LogP contribution in [0.25, 0.3) is 10.9 Å². The summed E-state index contributed by atoms with van der Waals surface area (Å²) in [5.74, 6) is -1.80. The Labute approximate surface area is 141 Å². The van der Waals surface area contributed by atoms with E-state index in [1.807, 2.05) is 11.8 Å². The Hall–Kier alpha value is -2.06. The highest BCUT2D eigenvalue weighted by Gasteiger charge is 2.33. The molecule has 2 aromatic rings. The molecule has 1 aromatic carbocycles. The molecule has 1 aromatic heterocycles. The molecule has 1 saturated heterocycles. The number of carboxylic acid groups (broad SMARTS) is 1. The highest BCUT2D eigenvalue weighted by molar-refractivity contribution is 8.00. The molecule has 2 aliphatic rings. The van der Waals surface area contributed by atoms with Crippen LogP contribution in [-0.2, 0) is 0 Å². The number of hydrogen-bond donors (Lipinski definition) is 2. The lowest BCUT2D eigenvalue weighted by molar-refractivity contribution is 0.0689. The van der Waals surface area contributed by atoms with Crippen LogP contribution in [0.5, 0.6) is 0 Å². The second-order valence-electron chi connectivity index (χ2n) is 6.22. The Morgan fingerprint density at radius 2 is 2.21 bits per heavy atom. The van der Waals surface area contributed by atoms with Crippen molar-refractivity contribution in [3.63, 3.8) is 0 Å². The number of anilines is 1. The van der Waals surface area contributed by atoms with Crippen molar-refractivity contribution < 1.29 is 14.3 Å². The van der Waals surface area contributed by atoms with Crippen molar-refractivity contribution in [2.45, 2.75) is 29.8 Å². The first-order valence-electron chi connectivity index (χ1n) is 7.70. The number of rotatable bonds is 2. The van der Waals surface area contributed by atoms with E-state index >= 15 is 0 Å². The second kappa shape index (κ2) is 5.22. The van der Waals surface area contributed by atoms with E-state index in [2.05, 4.69) is 0 Å². The third-order valence-electron chi connectivity index (χ3n) is 4.65. The second-order valence-corrected chi connectivity index (χ2v) is 7.52. The molecule has 0 radical (unpaired) electrons. The Morgan fingerprint density at radius 3 is 2.79 bits per heavy atom. The SMILES string of the molecule is C[C@@H]1Sc2c(C(=O)O)c(=O)c3cc(F)c(N4CC[C@H](N)C4)cc3n21. The quantitative estimate of drug-likeness (QED) is 0.862. The number of halogens is 1. The summed E-state index contributed by atoms with van der Waals surface area (Å²) in [5, 5.41) is 9.87. The Bertz CT molecular complexity index is 943. The fraction of sp³-hybridized carbons (Fsp3) is 0.375. The lowest BCUT2D eigenvalue weighted by atomic mass is 10.1. The van der Waals surface area contributed by atoms with E-state index in [1.165, 1.54) is 11.8 Å². The van der Waals surface area contributed by atoms with Crippen LogP contribution in [0.3, 0.4) is 0 Å². The molecule has 1 fully saturated rings. The number of pyridine rings is 1. The summed E-state index contributed by atoms with van der Waals surface area (Å²) >= 11 is 1.34. The molecule has 2 atom stereocenters. The molecule has 2 aliphatic heterocycles. The summed E-state index contributed by atoms with van der Waals surface area (Å²) in [6.07, 6.45) is 0.791. The van der Waals surface area contributed by atoms with Crippen LogP contribution in [0, 0.1) is 5.82 Å². The summed E-state index contributed by atoms with van der Waals surface area (Å²) in [6.45, 7) is 3.15. The lowest BCUT2D eigenvalue weighted by Crippen LogP contribution is -2.29. The zero-order valence-electron chi connectivity index (χ0n) is 13.0. The summed E-state index contributed by atoms with van der Waals surface area (Å²) in [6, 6.07) is 2.82. The van der Waals surface area contributed by atoms with Crippen molar-refractivity contribution in [3.05, 3.63) is 33.7 Å². The Balaban J connectivity index is 2.00. The van der Waals surface area contributed by atoms with E-state index < -0.39 is 17.2 Å². The van der Waals surface area contributed by atoms with Crippen molar-refractivity contribution in [3.8, 4) is 0 Å². The molecule has 6 nitrogen and oxygen atoms in total. The van der Waals surface area contributed by atoms with Gasteiger partial charge in [-0.3, -0.25) is 4.79 Å². The molecule has 24 heavy (non-hydrogen) atoms. The van der Waals surface area contributed by atoms with Crippen LogP contribution in [0.15, 0.2) is 22.0 Å². The molecule has 0 saturated carbocycles. The maximum atomic E-state index is 14.6. The number of nitrogens with zero attached hydrogens (tertiary/aromatic N) is 2. The van der Waals surface area contributed by atoms with E-state index in [1.54, 1.807) is 10.6 Å². The van der Waals surface area contributed by atoms with E-state index in [0.29, 0.717) is 29.3 Å². The zero-order valence-corrected chi connectivity index (χ0v) is 13.8. The van der Waals surface area contributed by atoms with Gasteiger partial charge in [-0.05, 0) is 25.5 Å². The maximum absolute atomic E-state index is 14.6. The number of thioether (sulfide) groups is 1. The fourth-order valence-electron chi connectivity index (χ4n) is 3.47. The van der Waals surface area contributed by atoms with Crippen LogP contribution >= 0.6 is 11.8 Å². The minimum atomic E-state index is -1.28. The van der Waals surface area contributed by atoms with Gasteiger partial charge >= 0.3 is 5.97 Å². The van der Waals surface area contributed by atoms with Gasteiger partial charge in [-0.15, -0.1) is 0 Å². The van der Waals surface area contributed by atoms with Gasteiger partial charge in [0.05, 0.1) is 21.6 Å². The number of nitrogens with two attached hydrogens (primary N) is 1. The number of carboxylic acids is 1. The first-order chi connectivity index (χ1) is 11.4. The molecule has 3 heterocycles. The summed E-state index contributed by atoms with van der Waals surface area (Å²) in [5.41, 5.74) is 5.98. The predicted octanol–water partition coefficient (Wildman–Crippen LogP) is 2.00. The molecule has 0 unspecified atom stereocenters. The highest BCUT2D eigenvalue weighted by atomic mass is 32.2. The van der Waals surface area contributed by atoms with Gasteiger partial charge < -0.3 is 20.3 Å². The Kier molecular flexibility index (Phi) is 3.36. The van der Waals surface area contributed by atoms with Crippen LogP contribution in [-0.4, -0.2) is 34.8 Å². The first-order valence-corrected chi connectivity index (χ1v) is 8.58. The number of aromatic carboxylic acids is 1. The first kappa shape index (κ1) is 15.5. The van der Waals surface area contributed by atoms with Gasteiger partial charge in [0.15, 0.2) is 0 Å². The van der Waals surface area contributed by atoms with Crippen molar-refractivity contribution >= 4 is 34.3 Å². The van der Waals surface area contributed by atoms with E-state index in [4.69, 9.17) is 5.73 Å². The van der Waals surface area contributed by atoms with E-state index in [9.17, 15) is 19.1 Å². The normalized spacial score (nSPS) is 22.5. The molecule has 3 N–H and O–H groups in total.